The first kappa shape index (κ1) is 17.8. The van der Waals surface area contributed by atoms with Gasteiger partial charge in [0.25, 0.3) is 0 Å². The number of para-hydroxylation sites is 1. The topological polar surface area (TPSA) is 29.0 Å². The highest BCUT2D eigenvalue weighted by Gasteiger charge is 2.44. The summed E-state index contributed by atoms with van der Waals surface area (Å²) in [5.41, 5.74) is 1.86. The van der Waals surface area contributed by atoms with Gasteiger partial charge in [-0.3, -0.25) is 0 Å². The molecule has 0 aliphatic heterocycles. The Hall–Kier alpha value is -1.64. The number of hydrogen-bond donors (Lipinski definition) is 0. The summed E-state index contributed by atoms with van der Waals surface area (Å²) in [5, 5.41) is 1.14. The van der Waals surface area contributed by atoms with Gasteiger partial charge in [0.1, 0.15) is 11.6 Å². The molecule has 3 nitrogen and oxygen atoms in total. The van der Waals surface area contributed by atoms with Gasteiger partial charge in [0.05, 0.1) is 5.52 Å². The minimum Gasteiger partial charge on any atom is -0.362 e. The molecule has 1 unspecified atom stereocenters. The molecule has 0 saturated heterocycles. The van der Waals surface area contributed by atoms with Crippen LogP contribution in [0, 0.1) is 17.3 Å². The number of hydrogen-bond acceptors (Lipinski definition) is 3. The van der Waals surface area contributed by atoms with Crippen molar-refractivity contribution in [3.8, 4) is 0 Å². The smallest absolute Gasteiger partial charge is 0.139 e. The van der Waals surface area contributed by atoms with Crippen molar-refractivity contribution in [2.24, 2.45) is 17.3 Å². The van der Waals surface area contributed by atoms with Gasteiger partial charge in [0.2, 0.25) is 0 Å². The van der Waals surface area contributed by atoms with Gasteiger partial charge in [-0.25, -0.2) is 9.97 Å². The lowest BCUT2D eigenvalue weighted by Crippen LogP contribution is -2.21. The molecule has 0 radical (unpaired) electrons. The monoisotopic (exact) mass is 351 g/mol. The van der Waals surface area contributed by atoms with Crippen molar-refractivity contribution in [3.05, 3.63) is 30.1 Å². The molecular weight excluding hydrogens is 318 g/mol. The third-order valence-electron chi connectivity index (χ3n) is 7.11. The highest BCUT2D eigenvalue weighted by atomic mass is 15.2. The lowest BCUT2D eigenvalue weighted by Gasteiger charge is -2.31. The van der Waals surface area contributed by atoms with Gasteiger partial charge in [-0.15, -0.1) is 0 Å². The van der Waals surface area contributed by atoms with Crippen molar-refractivity contribution in [3.63, 3.8) is 0 Å². The molecule has 140 valence electrons. The van der Waals surface area contributed by atoms with Gasteiger partial charge < -0.3 is 4.90 Å². The molecule has 0 bridgehead atoms. The minimum absolute atomic E-state index is 0.398. The lowest BCUT2D eigenvalue weighted by molar-refractivity contribution is 0.217. The molecule has 0 N–H and O–H groups in total. The Morgan fingerprint density at radius 1 is 1.04 bits per heavy atom. The van der Waals surface area contributed by atoms with Gasteiger partial charge in [0.15, 0.2) is 0 Å². The SMILES string of the molecule is CC(CC1CCC2(CC1)CC2)[C@@H](C)c1nc(N(C)C)c2ccccc2n1. The van der Waals surface area contributed by atoms with Crippen LogP contribution < -0.4 is 4.90 Å². The normalized spacial score (nSPS) is 21.7. The van der Waals surface area contributed by atoms with Crippen molar-refractivity contribution in [1.82, 2.24) is 9.97 Å². The first-order valence-electron chi connectivity index (χ1n) is 10.4. The molecule has 1 aromatic heterocycles. The van der Waals surface area contributed by atoms with Gasteiger partial charge in [-0.05, 0) is 74.3 Å². The largest absolute Gasteiger partial charge is 0.362 e. The third-order valence-corrected chi connectivity index (χ3v) is 7.11. The number of anilines is 1. The minimum atomic E-state index is 0.398. The lowest BCUT2D eigenvalue weighted by atomic mass is 9.74. The van der Waals surface area contributed by atoms with Gasteiger partial charge in [-0.1, -0.05) is 26.0 Å². The first-order chi connectivity index (χ1) is 12.5. The van der Waals surface area contributed by atoms with E-state index in [1.807, 2.05) is 0 Å². The number of rotatable bonds is 5. The van der Waals surface area contributed by atoms with E-state index in [4.69, 9.17) is 9.97 Å². The zero-order valence-electron chi connectivity index (χ0n) is 16.8. The maximum Gasteiger partial charge on any atom is 0.139 e. The number of benzene rings is 1. The van der Waals surface area contributed by atoms with E-state index in [0.29, 0.717) is 11.8 Å². The Balaban J connectivity index is 1.50. The Morgan fingerprint density at radius 3 is 2.38 bits per heavy atom. The van der Waals surface area contributed by atoms with Crippen LogP contribution in [0.2, 0.25) is 0 Å². The molecule has 2 atom stereocenters. The Morgan fingerprint density at radius 2 is 1.73 bits per heavy atom. The van der Waals surface area contributed by atoms with E-state index < -0.39 is 0 Å². The van der Waals surface area contributed by atoms with Crippen LogP contribution >= 0.6 is 0 Å². The summed E-state index contributed by atoms with van der Waals surface area (Å²) < 4.78 is 0. The van der Waals surface area contributed by atoms with Crippen LogP contribution in [0.3, 0.4) is 0 Å². The first-order valence-corrected chi connectivity index (χ1v) is 10.4. The maximum absolute atomic E-state index is 4.96. The molecule has 1 heterocycles. The molecule has 26 heavy (non-hydrogen) atoms. The van der Waals surface area contributed by atoms with E-state index in [1.54, 1.807) is 0 Å². The molecule has 2 aliphatic rings. The molecule has 4 rings (SSSR count). The molecule has 2 aromatic rings. The second-order valence-corrected chi connectivity index (χ2v) is 9.26. The van der Waals surface area contributed by atoms with E-state index in [9.17, 15) is 0 Å². The van der Waals surface area contributed by atoms with E-state index in [-0.39, 0.29) is 0 Å². The quantitative estimate of drug-likeness (QED) is 0.682. The van der Waals surface area contributed by atoms with Crippen molar-refractivity contribution in [2.45, 2.75) is 64.7 Å². The van der Waals surface area contributed by atoms with E-state index in [0.717, 1.165) is 33.9 Å². The van der Waals surface area contributed by atoms with Crippen molar-refractivity contribution in [1.29, 1.82) is 0 Å². The Kier molecular flexibility index (Phi) is 4.66. The zero-order valence-corrected chi connectivity index (χ0v) is 16.8. The summed E-state index contributed by atoms with van der Waals surface area (Å²) in [7, 11) is 4.14. The van der Waals surface area contributed by atoms with Crippen LogP contribution in [0.15, 0.2) is 24.3 Å². The van der Waals surface area contributed by atoms with Gasteiger partial charge in [-0.2, -0.15) is 0 Å². The van der Waals surface area contributed by atoms with Crippen LogP contribution in [0.4, 0.5) is 5.82 Å². The molecule has 2 aliphatic carbocycles. The predicted molar refractivity (Wildman–Crippen MR) is 110 cm³/mol. The van der Waals surface area contributed by atoms with Crippen LogP contribution in [-0.2, 0) is 0 Å². The molecule has 1 spiro atoms. The number of aromatic nitrogens is 2. The fourth-order valence-corrected chi connectivity index (χ4v) is 4.81. The molecule has 0 amide bonds. The summed E-state index contributed by atoms with van der Waals surface area (Å²) in [4.78, 5) is 12.0. The van der Waals surface area contributed by atoms with E-state index in [1.165, 1.54) is 44.9 Å². The van der Waals surface area contributed by atoms with Crippen molar-refractivity contribution < 1.29 is 0 Å². The highest BCUT2D eigenvalue weighted by Crippen LogP contribution is 2.57. The second kappa shape index (κ2) is 6.83. The summed E-state index contributed by atoms with van der Waals surface area (Å²) in [6.07, 6.45) is 10.2. The molecule has 2 saturated carbocycles. The van der Waals surface area contributed by atoms with E-state index >= 15 is 0 Å². The Bertz CT molecular complexity index is 768. The molecular formula is C23H33N3. The molecule has 2 fully saturated rings. The Labute approximate surface area is 158 Å². The second-order valence-electron chi connectivity index (χ2n) is 9.26. The summed E-state index contributed by atoms with van der Waals surface area (Å²) in [6.45, 7) is 4.72. The summed E-state index contributed by atoms with van der Waals surface area (Å²) >= 11 is 0. The summed E-state index contributed by atoms with van der Waals surface area (Å²) in [5.74, 6) is 3.99. The molecule has 3 heteroatoms. The van der Waals surface area contributed by atoms with Gasteiger partial charge in [0, 0.05) is 25.4 Å². The maximum atomic E-state index is 4.96. The molecule has 1 aromatic carbocycles. The van der Waals surface area contributed by atoms with Crippen LogP contribution in [-0.4, -0.2) is 24.1 Å². The zero-order chi connectivity index (χ0) is 18.3. The van der Waals surface area contributed by atoms with E-state index in [2.05, 4.69) is 57.1 Å². The van der Waals surface area contributed by atoms with Crippen molar-refractivity contribution >= 4 is 16.7 Å². The number of nitrogens with zero attached hydrogens (tertiary/aromatic N) is 3. The fourth-order valence-electron chi connectivity index (χ4n) is 4.81. The van der Waals surface area contributed by atoms with Crippen molar-refractivity contribution in [2.75, 3.05) is 19.0 Å². The van der Waals surface area contributed by atoms with Crippen LogP contribution in [0.5, 0.6) is 0 Å². The van der Waals surface area contributed by atoms with Gasteiger partial charge >= 0.3 is 0 Å². The average Bonchev–Trinajstić information content (AvgIpc) is 3.41. The number of fused-ring (bicyclic) bond motifs is 1. The fraction of sp³-hybridized carbons (Fsp3) is 0.652. The predicted octanol–water partition coefficient (Wildman–Crippen LogP) is 5.80. The van der Waals surface area contributed by atoms with Crippen LogP contribution in [0.1, 0.15) is 70.5 Å². The highest BCUT2D eigenvalue weighted by molar-refractivity contribution is 5.89. The third kappa shape index (κ3) is 3.45. The standard InChI is InChI=1S/C23H33N3/c1-16(15-18-9-11-23(12-10-18)13-14-23)17(2)21-24-20-8-6-5-7-19(20)22(25-21)26(3)4/h5-8,16-18H,9-15H2,1-4H3/t16?,17-/m1/s1. The summed E-state index contributed by atoms with van der Waals surface area (Å²) in [6, 6.07) is 8.38. The van der Waals surface area contributed by atoms with Crippen LogP contribution in [0.25, 0.3) is 10.9 Å². The average molecular weight is 352 g/mol.